The number of hydrogen-bond donors (Lipinski definition) is 1. The summed E-state index contributed by atoms with van der Waals surface area (Å²) in [6.45, 7) is 11.5. The Morgan fingerprint density at radius 3 is 2.53 bits per heavy atom. The third-order valence-electron chi connectivity index (χ3n) is 10.8. The lowest BCUT2D eigenvalue weighted by molar-refractivity contribution is -0.165. The third kappa shape index (κ3) is 3.77. The number of ketones is 1. The van der Waals surface area contributed by atoms with Crippen molar-refractivity contribution in [2.45, 2.75) is 111 Å². The topological polar surface area (TPSA) is 55.4 Å². The minimum absolute atomic E-state index is 0.0134. The molecule has 0 aliphatic heterocycles. The smallest absolute Gasteiger partial charge is 0.305 e. The molecule has 4 saturated carbocycles. The summed E-state index contributed by atoms with van der Waals surface area (Å²) in [6.07, 6.45) is 11.6. The van der Waals surface area contributed by atoms with Gasteiger partial charge in [-0.15, -0.1) is 0 Å². The minimum Gasteiger partial charge on any atom is -0.469 e. The molecular weight excluding hydrogens is 398 g/mol. The lowest BCUT2D eigenvalue weighted by Gasteiger charge is -2.62. The van der Waals surface area contributed by atoms with Gasteiger partial charge in [-0.05, 0) is 85.9 Å². The van der Waals surface area contributed by atoms with Crippen molar-refractivity contribution in [3.8, 4) is 0 Å². The van der Waals surface area contributed by atoms with E-state index < -0.39 is 0 Å². The van der Waals surface area contributed by atoms with Crippen molar-refractivity contribution in [3.63, 3.8) is 0 Å². The van der Waals surface area contributed by atoms with Gasteiger partial charge >= 0.3 is 5.97 Å². The Morgan fingerprint density at radius 2 is 1.84 bits per heavy atom. The molecule has 0 spiro atoms. The number of nitrogens with one attached hydrogen (secondary N) is 1. The van der Waals surface area contributed by atoms with Crippen LogP contribution in [0, 0.1) is 46.3 Å². The van der Waals surface area contributed by atoms with Crippen LogP contribution in [0.2, 0.25) is 0 Å². The summed E-state index contributed by atoms with van der Waals surface area (Å²) in [5.74, 6) is 3.55. The van der Waals surface area contributed by atoms with Crippen LogP contribution in [0.4, 0.5) is 0 Å². The summed E-state index contributed by atoms with van der Waals surface area (Å²) in [5, 5.41) is 3.82. The van der Waals surface area contributed by atoms with Gasteiger partial charge in [-0.1, -0.05) is 47.5 Å². The van der Waals surface area contributed by atoms with Crippen molar-refractivity contribution in [1.29, 1.82) is 0 Å². The van der Waals surface area contributed by atoms with Crippen molar-refractivity contribution in [3.05, 3.63) is 0 Å². The summed E-state index contributed by atoms with van der Waals surface area (Å²) < 4.78 is 4.89. The number of rotatable bonds is 6. The molecule has 1 N–H and O–H groups in total. The van der Waals surface area contributed by atoms with Crippen LogP contribution in [-0.2, 0) is 14.3 Å². The second kappa shape index (κ2) is 9.04. The first-order chi connectivity index (χ1) is 15.1. The molecule has 0 saturated heterocycles. The van der Waals surface area contributed by atoms with E-state index in [-0.39, 0.29) is 17.4 Å². The molecule has 0 radical (unpaired) electrons. The average Bonchev–Trinajstić information content (AvgIpc) is 3.12. The van der Waals surface area contributed by atoms with Crippen LogP contribution in [0.25, 0.3) is 0 Å². The Kier molecular flexibility index (Phi) is 6.85. The molecule has 0 amide bonds. The Balaban J connectivity index is 1.67. The van der Waals surface area contributed by atoms with Crippen LogP contribution < -0.4 is 5.32 Å². The molecular formula is C28H47NO3. The lowest BCUT2D eigenvalue weighted by atomic mass is 9.43. The first kappa shape index (κ1) is 24.2. The molecule has 4 unspecified atom stereocenters. The van der Waals surface area contributed by atoms with Crippen molar-refractivity contribution >= 4 is 11.8 Å². The molecule has 4 aliphatic carbocycles. The number of carbonyl (C=O) groups excluding carboxylic acids is 2. The molecule has 4 rings (SSSR count). The quantitative estimate of drug-likeness (QED) is 0.527. The highest BCUT2D eigenvalue weighted by Gasteiger charge is 2.66. The number of fused-ring (bicyclic) bond motifs is 5. The molecule has 4 heteroatoms. The fraction of sp³-hybridized carbons (Fsp3) is 0.929. The van der Waals surface area contributed by atoms with Gasteiger partial charge in [0.15, 0.2) is 5.78 Å². The van der Waals surface area contributed by atoms with Gasteiger partial charge in [0.25, 0.3) is 0 Å². The summed E-state index contributed by atoms with van der Waals surface area (Å²) in [7, 11) is 1.47. The van der Waals surface area contributed by atoms with E-state index >= 15 is 0 Å². The summed E-state index contributed by atoms with van der Waals surface area (Å²) in [6, 6.07) is 0.300. The zero-order valence-electron chi connectivity index (χ0n) is 21.4. The van der Waals surface area contributed by atoms with Gasteiger partial charge in [-0.25, -0.2) is 0 Å². The highest BCUT2D eigenvalue weighted by atomic mass is 16.5. The predicted octanol–water partition coefficient (Wildman–Crippen LogP) is 5.78. The van der Waals surface area contributed by atoms with E-state index in [0.717, 1.165) is 18.8 Å². The summed E-state index contributed by atoms with van der Waals surface area (Å²) >= 11 is 0. The Bertz CT molecular complexity index is 719. The first-order valence-corrected chi connectivity index (χ1v) is 13.5. The molecule has 4 fully saturated rings. The number of esters is 1. The first-order valence-electron chi connectivity index (χ1n) is 13.5. The largest absolute Gasteiger partial charge is 0.469 e. The maximum Gasteiger partial charge on any atom is 0.305 e. The van der Waals surface area contributed by atoms with Crippen LogP contribution in [-0.4, -0.2) is 30.9 Å². The molecule has 32 heavy (non-hydrogen) atoms. The molecule has 0 aromatic carbocycles. The standard InChI is InChI=1S/C28H47NO3/c1-17(2)29-25-24-20(12-11-19-9-7-8-16-27(19,24)4)22-14-13-21(28(22,5)26(25)31)18(3)10-15-23(30)32-6/h17-22,24-25,29H,7-16H2,1-6H3/t18-,19+,20?,21?,22?,24?,25+,27+,28-/m1/s1. The highest BCUT2D eigenvalue weighted by molar-refractivity contribution is 5.92. The monoisotopic (exact) mass is 445 g/mol. The van der Waals surface area contributed by atoms with Gasteiger partial charge < -0.3 is 10.1 Å². The molecule has 4 aliphatic rings. The van der Waals surface area contributed by atoms with E-state index in [4.69, 9.17) is 4.74 Å². The Hall–Kier alpha value is -0.900. The number of ether oxygens (including phenoxy) is 1. The van der Waals surface area contributed by atoms with Crippen molar-refractivity contribution in [1.82, 2.24) is 5.32 Å². The van der Waals surface area contributed by atoms with E-state index in [9.17, 15) is 9.59 Å². The molecule has 0 aromatic rings. The SMILES string of the molecule is COC(=O)CC[C@@H](C)C1CCC2C3CC[C@@H]4CCCC[C@]4(C)C3[C@H](NC(C)C)C(=O)[C@@]21C. The van der Waals surface area contributed by atoms with Gasteiger partial charge in [0, 0.05) is 17.9 Å². The predicted molar refractivity (Wildman–Crippen MR) is 128 cm³/mol. The van der Waals surface area contributed by atoms with Gasteiger partial charge in [-0.2, -0.15) is 0 Å². The zero-order valence-corrected chi connectivity index (χ0v) is 21.4. The normalized spacial score (nSPS) is 44.5. The lowest BCUT2D eigenvalue weighted by Crippen LogP contribution is -2.67. The van der Waals surface area contributed by atoms with Crippen LogP contribution in [0.15, 0.2) is 0 Å². The molecule has 0 heterocycles. The maximum atomic E-state index is 14.5. The molecule has 0 bridgehead atoms. The van der Waals surface area contributed by atoms with Crippen LogP contribution in [0.1, 0.15) is 98.8 Å². The fourth-order valence-electron chi connectivity index (χ4n) is 9.30. The minimum atomic E-state index is -0.263. The van der Waals surface area contributed by atoms with Gasteiger partial charge in [0.1, 0.15) is 0 Å². The summed E-state index contributed by atoms with van der Waals surface area (Å²) in [4.78, 5) is 26.3. The fourth-order valence-corrected chi connectivity index (χ4v) is 9.30. The van der Waals surface area contributed by atoms with E-state index in [2.05, 4.69) is 39.9 Å². The Labute approximate surface area is 196 Å². The van der Waals surface area contributed by atoms with E-state index in [1.807, 2.05) is 0 Å². The number of carbonyl (C=O) groups is 2. The van der Waals surface area contributed by atoms with E-state index in [1.165, 1.54) is 52.1 Å². The second-order valence-corrected chi connectivity index (χ2v) is 12.5. The average molecular weight is 446 g/mol. The van der Waals surface area contributed by atoms with Crippen LogP contribution in [0.3, 0.4) is 0 Å². The molecule has 182 valence electrons. The van der Waals surface area contributed by atoms with Crippen LogP contribution >= 0.6 is 0 Å². The van der Waals surface area contributed by atoms with Gasteiger partial charge in [0.2, 0.25) is 0 Å². The van der Waals surface area contributed by atoms with E-state index in [1.54, 1.807) is 0 Å². The maximum absolute atomic E-state index is 14.5. The number of Topliss-reactive ketones (excluding diaryl/α,β-unsaturated/α-hetero) is 1. The third-order valence-corrected chi connectivity index (χ3v) is 10.8. The molecule has 4 nitrogen and oxygen atoms in total. The second-order valence-electron chi connectivity index (χ2n) is 12.5. The molecule has 9 atom stereocenters. The van der Waals surface area contributed by atoms with Crippen LogP contribution in [0.5, 0.6) is 0 Å². The Morgan fingerprint density at radius 1 is 1.09 bits per heavy atom. The van der Waals surface area contributed by atoms with Crippen molar-refractivity contribution < 1.29 is 14.3 Å². The number of methoxy groups -OCH3 is 1. The summed E-state index contributed by atoms with van der Waals surface area (Å²) in [5.41, 5.74) is 0.0421. The highest BCUT2D eigenvalue weighted by Crippen LogP contribution is 2.67. The number of hydrogen-bond acceptors (Lipinski definition) is 4. The van der Waals surface area contributed by atoms with Crippen molar-refractivity contribution in [2.24, 2.45) is 46.3 Å². The van der Waals surface area contributed by atoms with Crippen molar-refractivity contribution in [2.75, 3.05) is 7.11 Å². The molecule has 0 aromatic heterocycles. The van der Waals surface area contributed by atoms with Gasteiger partial charge in [0.05, 0.1) is 13.2 Å². The van der Waals surface area contributed by atoms with E-state index in [0.29, 0.717) is 53.3 Å². The van der Waals surface area contributed by atoms with Gasteiger partial charge in [-0.3, -0.25) is 9.59 Å². The zero-order chi connectivity index (χ0) is 23.3.